The Kier molecular flexibility index (Phi) is 2.33. The van der Waals surface area contributed by atoms with Gasteiger partial charge >= 0.3 is 0 Å². The molecule has 5 heteroatoms. The molecule has 3 rings (SSSR count). The third-order valence-electron chi connectivity index (χ3n) is 3.15. The van der Waals surface area contributed by atoms with Gasteiger partial charge in [0.05, 0.1) is 17.9 Å². The van der Waals surface area contributed by atoms with Crippen LogP contribution in [-0.4, -0.2) is 29.9 Å². The average molecular weight is 242 g/mol. The molecule has 2 aliphatic heterocycles. The highest BCUT2D eigenvalue weighted by Gasteiger charge is 2.33. The maximum absolute atomic E-state index is 11.9. The molecule has 0 atom stereocenters. The number of allylic oxidation sites excluding steroid dienone is 1. The molecule has 2 heterocycles. The summed E-state index contributed by atoms with van der Waals surface area (Å²) < 4.78 is 0. The number of aliphatic imine (C=N–C) groups is 1. The summed E-state index contributed by atoms with van der Waals surface area (Å²) in [5.41, 5.74) is 8.39. The Hall–Kier alpha value is -2.30. The van der Waals surface area contributed by atoms with E-state index in [0.717, 1.165) is 11.4 Å². The first-order valence-electron chi connectivity index (χ1n) is 5.87. The van der Waals surface area contributed by atoms with Crippen LogP contribution in [-0.2, 0) is 4.79 Å². The molecular formula is C13H14N4O. The summed E-state index contributed by atoms with van der Waals surface area (Å²) in [7, 11) is 0. The molecule has 0 radical (unpaired) electrons. The van der Waals surface area contributed by atoms with Gasteiger partial charge in [-0.25, -0.2) is 0 Å². The van der Waals surface area contributed by atoms with E-state index in [1.807, 2.05) is 36.1 Å². The number of carbonyl (C=O) groups excluding carboxylic acids is 1. The largest absolute Gasteiger partial charge is 0.397 e. The lowest BCUT2D eigenvalue weighted by Crippen LogP contribution is -2.48. The molecule has 0 fully saturated rings. The van der Waals surface area contributed by atoms with Crippen molar-refractivity contribution in [2.75, 3.05) is 23.7 Å². The zero-order valence-electron chi connectivity index (χ0n) is 10.1. The number of anilines is 2. The number of fused-ring (bicyclic) bond motifs is 1. The van der Waals surface area contributed by atoms with Gasteiger partial charge in [-0.1, -0.05) is 12.1 Å². The minimum Gasteiger partial charge on any atom is -0.397 e. The molecule has 2 aliphatic rings. The highest BCUT2D eigenvalue weighted by atomic mass is 16.2. The average Bonchev–Trinajstić information content (AvgIpc) is 2.81. The van der Waals surface area contributed by atoms with Gasteiger partial charge in [0.2, 0.25) is 5.96 Å². The van der Waals surface area contributed by atoms with Crippen molar-refractivity contribution in [1.82, 2.24) is 4.90 Å². The van der Waals surface area contributed by atoms with Gasteiger partial charge in [-0.2, -0.15) is 0 Å². The lowest BCUT2D eigenvalue weighted by molar-refractivity contribution is -0.122. The monoisotopic (exact) mass is 242 g/mol. The van der Waals surface area contributed by atoms with E-state index in [9.17, 15) is 4.79 Å². The van der Waals surface area contributed by atoms with Gasteiger partial charge < -0.3 is 5.73 Å². The van der Waals surface area contributed by atoms with E-state index in [1.165, 1.54) is 0 Å². The topological polar surface area (TPSA) is 61.9 Å². The minimum absolute atomic E-state index is 0.00509. The van der Waals surface area contributed by atoms with Crippen molar-refractivity contribution in [2.45, 2.75) is 6.92 Å². The smallest absolute Gasteiger partial charge is 0.255 e. The fourth-order valence-electron chi connectivity index (χ4n) is 2.30. The standard InChI is InChI=1S/C13H14N4O/c1-9-8-12(18)16-7-6-15-13(16)17(9)11-5-3-2-4-10(11)14/h2-5,8H,6-7,14H2,1H3. The zero-order chi connectivity index (χ0) is 12.7. The third-order valence-corrected chi connectivity index (χ3v) is 3.15. The molecule has 0 spiro atoms. The number of nitrogens with zero attached hydrogens (tertiary/aromatic N) is 3. The molecule has 1 amide bonds. The summed E-state index contributed by atoms with van der Waals surface area (Å²) in [6, 6.07) is 7.59. The maximum Gasteiger partial charge on any atom is 0.255 e. The van der Waals surface area contributed by atoms with Gasteiger partial charge in [0.1, 0.15) is 0 Å². The van der Waals surface area contributed by atoms with E-state index < -0.39 is 0 Å². The molecule has 5 nitrogen and oxygen atoms in total. The second-order valence-electron chi connectivity index (χ2n) is 4.35. The predicted octanol–water partition coefficient (Wildman–Crippen LogP) is 1.19. The van der Waals surface area contributed by atoms with E-state index in [1.54, 1.807) is 11.0 Å². The summed E-state index contributed by atoms with van der Waals surface area (Å²) in [5.74, 6) is 0.674. The number of nitrogen functional groups attached to an aromatic ring is 1. The van der Waals surface area contributed by atoms with Crippen LogP contribution in [0.1, 0.15) is 6.92 Å². The van der Waals surface area contributed by atoms with Crippen LogP contribution < -0.4 is 10.6 Å². The Morgan fingerprint density at radius 1 is 1.33 bits per heavy atom. The molecular weight excluding hydrogens is 228 g/mol. The number of amides is 1. The van der Waals surface area contributed by atoms with E-state index in [-0.39, 0.29) is 5.91 Å². The molecule has 0 aromatic heterocycles. The van der Waals surface area contributed by atoms with Crippen molar-refractivity contribution >= 4 is 23.2 Å². The van der Waals surface area contributed by atoms with Gasteiger partial charge in [0.15, 0.2) is 0 Å². The van der Waals surface area contributed by atoms with Gasteiger partial charge in [-0.05, 0) is 19.1 Å². The number of guanidine groups is 1. The zero-order valence-corrected chi connectivity index (χ0v) is 10.1. The second kappa shape index (κ2) is 3.87. The van der Waals surface area contributed by atoms with Crippen molar-refractivity contribution in [3.8, 4) is 0 Å². The fourth-order valence-corrected chi connectivity index (χ4v) is 2.30. The Morgan fingerprint density at radius 3 is 2.89 bits per heavy atom. The molecule has 0 saturated carbocycles. The quantitative estimate of drug-likeness (QED) is 0.752. The number of rotatable bonds is 1. The number of hydrogen-bond acceptors (Lipinski definition) is 4. The summed E-state index contributed by atoms with van der Waals surface area (Å²) >= 11 is 0. The fraction of sp³-hybridized carbons (Fsp3) is 0.231. The lowest BCUT2D eigenvalue weighted by Gasteiger charge is -2.34. The van der Waals surface area contributed by atoms with Crippen molar-refractivity contribution in [2.24, 2.45) is 4.99 Å². The molecule has 18 heavy (non-hydrogen) atoms. The number of benzene rings is 1. The van der Waals surface area contributed by atoms with E-state index >= 15 is 0 Å². The van der Waals surface area contributed by atoms with E-state index in [0.29, 0.717) is 24.7 Å². The third kappa shape index (κ3) is 1.48. The Labute approximate surface area is 105 Å². The van der Waals surface area contributed by atoms with Crippen LogP contribution in [0.25, 0.3) is 0 Å². The first kappa shape index (κ1) is 10.8. The molecule has 0 saturated heterocycles. The molecule has 1 aromatic carbocycles. The molecule has 0 unspecified atom stereocenters. The summed E-state index contributed by atoms with van der Waals surface area (Å²) in [4.78, 5) is 19.9. The number of para-hydroxylation sites is 2. The summed E-state index contributed by atoms with van der Waals surface area (Å²) in [6.07, 6.45) is 1.62. The van der Waals surface area contributed by atoms with Crippen LogP contribution in [0, 0.1) is 0 Å². The highest BCUT2D eigenvalue weighted by Crippen LogP contribution is 2.30. The first-order valence-corrected chi connectivity index (χ1v) is 5.87. The van der Waals surface area contributed by atoms with E-state index in [4.69, 9.17) is 5.73 Å². The molecule has 0 bridgehead atoms. The lowest BCUT2D eigenvalue weighted by atomic mass is 10.2. The second-order valence-corrected chi connectivity index (χ2v) is 4.35. The molecule has 1 aromatic rings. The Bertz CT molecular complexity index is 576. The van der Waals surface area contributed by atoms with Crippen LogP contribution in [0.15, 0.2) is 41.0 Å². The van der Waals surface area contributed by atoms with Gasteiger partial charge in [0.25, 0.3) is 5.91 Å². The van der Waals surface area contributed by atoms with E-state index in [2.05, 4.69) is 4.99 Å². The van der Waals surface area contributed by atoms with Gasteiger partial charge in [0, 0.05) is 18.3 Å². The Balaban J connectivity index is 2.13. The van der Waals surface area contributed by atoms with Crippen LogP contribution in [0.4, 0.5) is 11.4 Å². The molecule has 0 aliphatic carbocycles. The number of hydrogen-bond donors (Lipinski definition) is 1. The normalized spacial score (nSPS) is 18.6. The maximum atomic E-state index is 11.9. The number of carbonyl (C=O) groups is 1. The van der Waals surface area contributed by atoms with Crippen LogP contribution >= 0.6 is 0 Å². The summed E-state index contributed by atoms with van der Waals surface area (Å²) in [6.45, 7) is 3.18. The van der Waals surface area contributed by atoms with Crippen LogP contribution in [0.2, 0.25) is 0 Å². The predicted molar refractivity (Wildman–Crippen MR) is 71.1 cm³/mol. The minimum atomic E-state index is -0.00509. The van der Waals surface area contributed by atoms with Crippen molar-refractivity contribution in [3.63, 3.8) is 0 Å². The SMILES string of the molecule is CC1=CC(=O)N2CCN=C2N1c1ccccc1N. The van der Waals surface area contributed by atoms with Crippen molar-refractivity contribution in [1.29, 1.82) is 0 Å². The Morgan fingerprint density at radius 2 is 2.11 bits per heavy atom. The van der Waals surface area contributed by atoms with Crippen molar-refractivity contribution < 1.29 is 4.79 Å². The number of nitrogens with two attached hydrogens (primary N) is 1. The first-order chi connectivity index (χ1) is 8.68. The van der Waals surface area contributed by atoms with Gasteiger partial charge in [-0.3, -0.25) is 19.6 Å². The summed E-state index contributed by atoms with van der Waals surface area (Å²) in [5, 5.41) is 0. The van der Waals surface area contributed by atoms with Crippen LogP contribution in [0.3, 0.4) is 0 Å². The molecule has 2 N–H and O–H groups in total. The van der Waals surface area contributed by atoms with Gasteiger partial charge in [-0.15, -0.1) is 0 Å². The van der Waals surface area contributed by atoms with Crippen molar-refractivity contribution in [3.05, 3.63) is 36.0 Å². The van der Waals surface area contributed by atoms with Crippen LogP contribution in [0.5, 0.6) is 0 Å². The molecule has 92 valence electrons. The highest BCUT2D eigenvalue weighted by molar-refractivity contribution is 6.15.